The minimum atomic E-state index is -0.660. The number of anilines is 1. The van der Waals surface area contributed by atoms with Crippen molar-refractivity contribution < 1.29 is 9.59 Å². The molecule has 2 N–H and O–H groups in total. The zero-order valence-electron chi connectivity index (χ0n) is 16.1. The minimum Gasteiger partial charge on any atom is -0.348 e. The molecular weight excluding hydrogens is 374 g/mol. The van der Waals surface area contributed by atoms with E-state index in [0.717, 1.165) is 38.0 Å². The smallest absolute Gasteiger partial charge is 0.313 e. The summed E-state index contributed by atoms with van der Waals surface area (Å²) in [4.78, 5) is 26.7. The van der Waals surface area contributed by atoms with Crippen molar-refractivity contribution in [3.8, 4) is 0 Å². The standard InChI is InChI=1S/C22H26ClN3O2/c1-16-19(23)8-5-9-20(16)25-22(28)21(27)24-14-17-10-12-26(13-11-17)15-18-6-3-2-4-7-18/h2-9,17H,10-15H2,1H3,(H,24,27)(H,25,28). The highest BCUT2D eigenvalue weighted by Gasteiger charge is 2.21. The van der Waals surface area contributed by atoms with Gasteiger partial charge in [-0.15, -0.1) is 0 Å². The van der Waals surface area contributed by atoms with Crippen LogP contribution in [0.15, 0.2) is 48.5 Å². The fourth-order valence-corrected chi connectivity index (χ4v) is 3.60. The second kappa shape index (κ2) is 9.71. The van der Waals surface area contributed by atoms with Gasteiger partial charge in [-0.3, -0.25) is 14.5 Å². The predicted molar refractivity (Wildman–Crippen MR) is 112 cm³/mol. The molecule has 1 heterocycles. The minimum absolute atomic E-state index is 0.400. The number of hydrogen-bond acceptors (Lipinski definition) is 3. The Labute approximate surface area is 171 Å². The maximum Gasteiger partial charge on any atom is 0.313 e. The maximum atomic E-state index is 12.1. The lowest BCUT2D eigenvalue weighted by Crippen LogP contribution is -2.41. The molecule has 148 valence electrons. The summed E-state index contributed by atoms with van der Waals surface area (Å²) in [5, 5.41) is 5.95. The van der Waals surface area contributed by atoms with E-state index in [-0.39, 0.29) is 0 Å². The largest absolute Gasteiger partial charge is 0.348 e. The molecule has 0 radical (unpaired) electrons. The van der Waals surface area contributed by atoms with Gasteiger partial charge in [0.2, 0.25) is 0 Å². The van der Waals surface area contributed by atoms with Gasteiger partial charge < -0.3 is 10.6 Å². The van der Waals surface area contributed by atoms with Crippen LogP contribution in [0.5, 0.6) is 0 Å². The summed E-state index contributed by atoms with van der Waals surface area (Å²) in [7, 11) is 0. The molecule has 3 rings (SSSR count). The van der Waals surface area contributed by atoms with Crippen LogP contribution in [0.4, 0.5) is 5.69 Å². The van der Waals surface area contributed by atoms with E-state index in [1.165, 1.54) is 5.56 Å². The SMILES string of the molecule is Cc1c(Cl)cccc1NC(=O)C(=O)NCC1CCN(Cc2ccccc2)CC1. The number of piperidine rings is 1. The first-order valence-electron chi connectivity index (χ1n) is 9.63. The molecule has 0 atom stereocenters. The summed E-state index contributed by atoms with van der Waals surface area (Å²) in [5.41, 5.74) is 2.63. The van der Waals surface area contributed by atoms with E-state index in [4.69, 9.17) is 11.6 Å². The first-order valence-corrected chi connectivity index (χ1v) is 10.0. The number of carbonyl (C=O) groups is 2. The van der Waals surface area contributed by atoms with Crippen molar-refractivity contribution in [2.24, 2.45) is 5.92 Å². The summed E-state index contributed by atoms with van der Waals surface area (Å²) in [6.07, 6.45) is 2.03. The van der Waals surface area contributed by atoms with Crippen LogP contribution < -0.4 is 10.6 Å². The Balaban J connectivity index is 1.40. The van der Waals surface area contributed by atoms with Crippen LogP contribution in [-0.2, 0) is 16.1 Å². The van der Waals surface area contributed by atoms with Gasteiger partial charge in [-0.05, 0) is 62.0 Å². The van der Waals surface area contributed by atoms with Crippen molar-refractivity contribution in [3.05, 3.63) is 64.7 Å². The molecule has 0 aliphatic carbocycles. The lowest BCUT2D eigenvalue weighted by molar-refractivity contribution is -0.136. The molecule has 1 saturated heterocycles. The van der Waals surface area contributed by atoms with E-state index < -0.39 is 11.8 Å². The number of halogens is 1. The van der Waals surface area contributed by atoms with E-state index in [2.05, 4.69) is 39.8 Å². The van der Waals surface area contributed by atoms with Gasteiger partial charge in [0.15, 0.2) is 0 Å². The quantitative estimate of drug-likeness (QED) is 0.755. The first-order chi connectivity index (χ1) is 13.5. The number of nitrogens with zero attached hydrogens (tertiary/aromatic N) is 1. The van der Waals surface area contributed by atoms with Crippen LogP contribution in [0.3, 0.4) is 0 Å². The number of hydrogen-bond donors (Lipinski definition) is 2. The van der Waals surface area contributed by atoms with Crippen molar-refractivity contribution in [2.45, 2.75) is 26.3 Å². The summed E-state index contributed by atoms with van der Waals surface area (Å²) in [6.45, 7) is 5.30. The highest BCUT2D eigenvalue weighted by atomic mass is 35.5. The summed E-state index contributed by atoms with van der Waals surface area (Å²) >= 11 is 6.05. The van der Waals surface area contributed by atoms with Gasteiger partial charge in [0.25, 0.3) is 0 Å². The second-order valence-electron chi connectivity index (χ2n) is 7.28. The lowest BCUT2D eigenvalue weighted by atomic mass is 9.96. The molecule has 5 nitrogen and oxygen atoms in total. The summed E-state index contributed by atoms with van der Waals surface area (Å²) in [6, 6.07) is 15.7. The zero-order chi connectivity index (χ0) is 19.9. The van der Waals surface area contributed by atoms with Crippen LogP contribution in [-0.4, -0.2) is 36.3 Å². The Bertz CT molecular complexity index is 818. The number of nitrogens with one attached hydrogen (secondary N) is 2. The Kier molecular flexibility index (Phi) is 7.06. The molecule has 0 spiro atoms. The monoisotopic (exact) mass is 399 g/mol. The van der Waals surface area contributed by atoms with Crippen LogP contribution in [0.2, 0.25) is 5.02 Å². The van der Waals surface area contributed by atoms with Gasteiger partial charge in [-0.1, -0.05) is 48.0 Å². The molecular formula is C22H26ClN3O2. The van der Waals surface area contributed by atoms with Crippen molar-refractivity contribution in [2.75, 3.05) is 25.0 Å². The van der Waals surface area contributed by atoms with E-state index in [1.807, 2.05) is 6.07 Å². The summed E-state index contributed by atoms with van der Waals surface area (Å²) in [5.74, 6) is -0.866. The highest BCUT2D eigenvalue weighted by molar-refractivity contribution is 6.40. The third kappa shape index (κ3) is 5.57. The zero-order valence-corrected chi connectivity index (χ0v) is 16.8. The average molecular weight is 400 g/mol. The Hall–Kier alpha value is -2.37. The number of carbonyl (C=O) groups excluding carboxylic acids is 2. The number of benzene rings is 2. The molecule has 6 heteroatoms. The highest BCUT2D eigenvalue weighted by Crippen LogP contribution is 2.23. The van der Waals surface area contributed by atoms with Crippen LogP contribution in [0, 0.1) is 12.8 Å². The van der Waals surface area contributed by atoms with Crippen LogP contribution >= 0.6 is 11.6 Å². The molecule has 0 unspecified atom stereocenters. The molecule has 28 heavy (non-hydrogen) atoms. The van der Waals surface area contributed by atoms with Crippen molar-refractivity contribution >= 4 is 29.1 Å². The van der Waals surface area contributed by atoms with Gasteiger partial charge >= 0.3 is 11.8 Å². The third-order valence-corrected chi connectivity index (χ3v) is 5.64. The van der Waals surface area contributed by atoms with E-state index >= 15 is 0 Å². The fourth-order valence-electron chi connectivity index (χ4n) is 3.43. The molecule has 0 saturated carbocycles. The maximum absolute atomic E-state index is 12.1. The predicted octanol–water partition coefficient (Wildman–Crippen LogP) is 3.62. The van der Waals surface area contributed by atoms with E-state index in [0.29, 0.717) is 23.2 Å². The van der Waals surface area contributed by atoms with Crippen LogP contribution in [0.25, 0.3) is 0 Å². The Morgan fingerprint density at radius 1 is 1.04 bits per heavy atom. The fraction of sp³-hybridized carbons (Fsp3) is 0.364. The molecule has 1 aliphatic rings. The van der Waals surface area contributed by atoms with Crippen molar-refractivity contribution in [1.29, 1.82) is 0 Å². The second-order valence-corrected chi connectivity index (χ2v) is 7.69. The average Bonchev–Trinajstić information content (AvgIpc) is 2.71. The van der Waals surface area contributed by atoms with Gasteiger partial charge in [0.05, 0.1) is 0 Å². The third-order valence-electron chi connectivity index (χ3n) is 5.23. The number of rotatable bonds is 5. The number of likely N-dealkylation sites (tertiary alicyclic amines) is 1. The molecule has 0 aromatic heterocycles. The Morgan fingerprint density at radius 2 is 1.75 bits per heavy atom. The van der Waals surface area contributed by atoms with E-state index in [1.54, 1.807) is 25.1 Å². The topological polar surface area (TPSA) is 61.4 Å². The van der Waals surface area contributed by atoms with Gasteiger partial charge in [-0.2, -0.15) is 0 Å². The molecule has 0 bridgehead atoms. The van der Waals surface area contributed by atoms with Crippen LogP contribution in [0.1, 0.15) is 24.0 Å². The number of amides is 2. The molecule has 1 aliphatic heterocycles. The van der Waals surface area contributed by atoms with Crippen molar-refractivity contribution in [1.82, 2.24) is 10.2 Å². The normalized spacial score (nSPS) is 15.2. The van der Waals surface area contributed by atoms with E-state index in [9.17, 15) is 9.59 Å². The molecule has 2 aromatic rings. The molecule has 2 amide bonds. The summed E-state index contributed by atoms with van der Waals surface area (Å²) < 4.78 is 0. The van der Waals surface area contributed by atoms with Crippen molar-refractivity contribution in [3.63, 3.8) is 0 Å². The molecule has 2 aromatic carbocycles. The van der Waals surface area contributed by atoms with Gasteiger partial charge in [0, 0.05) is 23.8 Å². The Morgan fingerprint density at radius 3 is 2.46 bits per heavy atom. The van der Waals surface area contributed by atoms with Gasteiger partial charge in [-0.25, -0.2) is 0 Å². The first kappa shape index (κ1) is 20.4. The molecule has 1 fully saturated rings. The van der Waals surface area contributed by atoms with Gasteiger partial charge in [0.1, 0.15) is 0 Å². The lowest BCUT2D eigenvalue weighted by Gasteiger charge is -2.32.